The minimum atomic E-state index is -0.463. The smallest absolute Gasteiger partial charge is 0.316 e. The number of nitrogens with zero attached hydrogens (tertiary/aromatic N) is 4. The third-order valence-electron chi connectivity index (χ3n) is 3.85. The van der Waals surface area contributed by atoms with Crippen molar-refractivity contribution in [1.82, 2.24) is 14.8 Å². The lowest BCUT2D eigenvalue weighted by Gasteiger charge is -2.11. The van der Waals surface area contributed by atoms with Gasteiger partial charge in [-0.3, -0.25) is 19.5 Å². The molecule has 0 aliphatic heterocycles. The second-order valence-corrected chi connectivity index (χ2v) is 6.45. The monoisotopic (exact) mass is 400 g/mol. The summed E-state index contributed by atoms with van der Waals surface area (Å²) >= 11 is 1.18. The van der Waals surface area contributed by atoms with Crippen LogP contribution < -0.4 is 4.74 Å². The first-order valence-electron chi connectivity index (χ1n) is 8.07. The SMILES string of the molecule is COC(=O)CSc1nnc(-c2ccc([N+](=O)[O-])cc2)n1-c1ccc(OC)cc1. The molecule has 2 aromatic carbocycles. The van der Waals surface area contributed by atoms with Crippen LogP contribution in [0.1, 0.15) is 0 Å². The van der Waals surface area contributed by atoms with E-state index in [4.69, 9.17) is 4.74 Å². The Kier molecular flexibility index (Phi) is 5.90. The molecule has 1 heterocycles. The van der Waals surface area contributed by atoms with Crippen LogP contribution >= 0.6 is 11.8 Å². The van der Waals surface area contributed by atoms with Crippen molar-refractivity contribution in [3.63, 3.8) is 0 Å². The molecular formula is C18H16N4O5S. The molecule has 10 heteroatoms. The number of nitro groups is 1. The van der Waals surface area contributed by atoms with Gasteiger partial charge in [0.15, 0.2) is 11.0 Å². The lowest BCUT2D eigenvalue weighted by atomic mass is 10.2. The average Bonchev–Trinajstić information content (AvgIpc) is 3.16. The molecule has 144 valence electrons. The van der Waals surface area contributed by atoms with Crippen molar-refractivity contribution in [3.8, 4) is 22.8 Å². The Balaban J connectivity index is 2.04. The maximum atomic E-state index is 11.5. The molecule has 0 saturated heterocycles. The van der Waals surface area contributed by atoms with Crippen LogP contribution in [-0.2, 0) is 9.53 Å². The summed E-state index contributed by atoms with van der Waals surface area (Å²) in [5, 5.41) is 19.8. The summed E-state index contributed by atoms with van der Waals surface area (Å²) in [6.07, 6.45) is 0. The zero-order chi connectivity index (χ0) is 20.1. The molecule has 3 aromatic rings. The zero-order valence-corrected chi connectivity index (χ0v) is 15.9. The zero-order valence-electron chi connectivity index (χ0n) is 15.1. The van der Waals surface area contributed by atoms with Crippen molar-refractivity contribution in [2.45, 2.75) is 5.16 Å². The summed E-state index contributed by atoms with van der Waals surface area (Å²) in [5.41, 5.74) is 1.39. The highest BCUT2D eigenvalue weighted by molar-refractivity contribution is 7.99. The average molecular weight is 400 g/mol. The van der Waals surface area contributed by atoms with Gasteiger partial charge < -0.3 is 9.47 Å². The fourth-order valence-electron chi connectivity index (χ4n) is 2.43. The van der Waals surface area contributed by atoms with Gasteiger partial charge in [0.05, 0.1) is 24.9 Å². The summed E-state index contributed by atoms with van der Waals surface area (Å²) in [5.74, 6) is 0.876. The number of rotatable bonds is 7. The van der Waals surface area contributed by atoms with Gasteiger partial charge in [0, 0.05) is 23.4 Å². The molecule has 3 rings (SSSR count). The van der Waals surface area contributed by atoms with E-state index in [1.54, 1.807) is 35.9 Å². The third kappa shape index (κ3) is 4.12. The number of hydrogen-bond donors (Lipinski definition) is 0. The summed E-state index contributed by atoms with van der Waals surface area (Å²) in [7, 11) is 2.90. The van der Waals surface area contributed by atoms with E-state index in [-0.39, 0.29) is 17.4 Å². The van der Waals surface area contributed by atoms with Crippen LogP contribution in [0.4, 0.5) is 5.69 Å². The van der Waals surface area contributed by atoms with Gasteiger partial charge in [-0.05, 0) is 36.4 Å². The van der Waals surface area contributed by atoms with E-state index < -0.39 is 4.92 Å². The van der Waals surface area contributed by atoms with E-state index in [0.29, 0.717) is 22.3 Å². The van der Waals surface area contributed by atoms with Gasteiger partial charge in [0.2, 0.25) is 0 Å². The lowest BCUT2D eigenvalue weighted by molar-refractivity contribution is -0.384. The number of nitro benzene ring substituents is 1. The van der Waals surface area contributed by atoms with E-state index in [1.165, 1.54) is 31.0 Å². The van der Waals surface area contributed by atoms with Gasteiger partial charge in [-0.1, -0.05) is 11.8 Å². The van der Waals surface area contributed by atoms with Crippen LogP contribution in [0.2, 0.25) is 0 Å². The van der Waals surface area contributed by atoms with Crippen molar-refractivity contribution < 1.29 is 19.2 Å². The van der Waals surface area contributed by atoms with Crippen LogP contribution in [-0.4, -0.2) is 45.6 Å². The van der Waals surface area contributed by atoms with Gasteiger partial charge in [-0.15, -0.1) is 10.2 Å². The number of hydrogen-bond acceptors (Lipinski definition) is 8. The van der Waals surface area contributed by atoms with Crippen LogP contribution in [0.5, 0.6) is 5.75 Å². The standard InChI is InChI=1S/C18H16N4O5S/c1-26-15-9-7-13(8-10-15)21-17(12-3-5-14(6-4-12)22(24)25)19-20-18(21)28-11-16(23)27-2/h3-10H,11H2,1-2H3. The van der Waals surface area contributed by atoms with Gasteiger partial charge in [0.25, 0.3) is 5.69 Å². The molecule has 0 unspecified atom stereocenters. The number of thioether (sulfide) groups is 1. The number of benzene rings is 2. The van der Waals surface area contributed by atoms with Crippen molar-refractivity contribution in [1.29, 1.82) is 0 Å². The van der Waals surface area contributed by atoms with Gasteiger partial charge in [-0.25, -0.2) is 0 Å². The van der Waals surface area contributed by atoms with E-state index >= 15 is 0 Å². The van der Waals surface area contributed by atoms with Crippen molar-refractivity contribution in [2.24, 2.45) is 0 Å². The molecule has 0 aliphatic carbocycles. The first-order chi connectivity index (χ1) is 13.5. The minimum absolute atomic E-state index is 0.0143. The maximum absolute atomic E-state index is 11.5. The van der Waals surface area contributed by atoms with Gasteiger partial charge in [0.1, 0.15) is 5.75 Å². The largest absolute Gasteiger partial charge is 0.497 e. The Morgan fingerprint density at radius 3 is 2.36 bits per heavy atom. The molecule has 0 saturated carbocycles. The molecule has 0 N–H and O–H groups in total. The first kappa shape index (κ1) is 19.4. The third-order valence-corrected chi connectivity index (χ3v) is 4.75. The summed E-state index contributed by atoms with van der Waals surface area (Å²) in [6.45, 7) is 0. The molecule has 0 atom stereocenters. The van der Waals surface area contributed by atoms with Crippen molar-refractivity contribution >= 4 is 23.4 Å². The predicted molar refractivity (Wildman–Crippen MR) is 103 cm³/mol. The fraction of sp³-hybridized carbons (Fsp3) is 0.167. The highest BCUT2D eigenvalue weighted by Gasteiger charge is 2.18. The maximum Gasteiger partial charge on any atom is 0.316 e. The van der Waals surface area contributed by atoms with Crippen LogP contribution in [0.3, 0.4) is 0 Å². The van der Waals surface area contributed by atoms with E-state index in [2.05, 4.69) is 14.9 Å². The van der Waals surface area contributed by atoms with Crippen LogP contribution in [0, 0.1) is 10.1 Å². The Labute approximate surface area is 164 Å². The molecule has 9 nitrogen and oxygen atoms in total. The molecule has 0 fully saturated rings. The number of carbonyl (C=O) groups excluding carboxylic acids is 1. The predicted octanol–water partition coefficient (Wildman–Crippen LogP) is 3.12. The summed E-state index contributed by atoms with van der Waals surface area (Å²) < 4.78 is 11.6. The second-order valence-electron chi connectivity index (χ2n) is 5.51. The summed E-state index contributed by atoms with van der Waals surface area (Å²) in [6, 6.07) is 13.3. The normalized spacial score (nSPS) is 10.5. The Morgan fingerprint density at radius 1 is 1.11 bits per heavy atom. The highest BCUT2D eigenvalue weighted by atomic mass is 32.2. The molecule has 0 aliphatic rings. The fourth-order valence-corrected chi connectivity index (χ4v) is 3.21. The topological polar surface area (TPSA) is 109 Å². The number of ether oxygens (including phenoxy) is 2. The molecular weight excluding hydrogens is 384 g/mol. The Hall–Kier alpha value is -3.40. The number of carbonyl (C=O) groups is 1. The Bertz CT molecular complexity index is 986. The van der Waals surface area contributed by atoms with E-state index in [1.807, 2.05) is 12.1 Å². The Morgan fingerprint density at radius 2 is 1.79 bits per heavy atom. The van der Waals surface area contributed by atoms with Crippen molar-refractivity contribution in [3.05, 3.63) is 58.6 Å². The molecule has 0 amide bonds. The minimum Gasteiger partial charge on any atom is -0.497 e. The molecule has 0 spiro atoms. The molecule has 0 radical (unpaired) electrons. The molecule has 1 aromatic heterocycles. The molecule has 0 bridgehead atoms. The number of aromatic nitrogens is 3. The second kappa shape index (κ2) is 8.53. The van der Waals surface area contributed by atoms with E-state index in [9.17, 15) is 14.9 Å². The molecule has 28 heavy (non-hydrogen) atoms. The summed E-state index contributed by atoms with van der Waals surface area (Å²) in [4.78, 5) is 21.9. The van der Waals surface area contributed by atoms with Crippen LogP contribution in [0.25, 0.3) is 17.1 Å². The van der Waals surface area contributed by atoms with E-state index in [0.717, 1.165) is 5.69 Å². The number of non-ortho nitro benzene ring substituents is 1. The quantitative estimate of drug-likeness (QED) is 0.257. The van der Waals surface area contributed by atoms with Crippen LogP contribution in [0.15, 0.2) is 53.7 Å². The lowest BCUT2D eigenvalue weighted by Crippen LogP contribution is -2.05. The first-order valence-corrected chi connectivity index (χ1v) is 9.06. The van der Waals surface area contributed by atoms with Crippen molar-refractivity contribution in [2.75, 3.05) is 20.0 Å². The highest BCUT2D eigenvalue weighted by Crippen LogP contribution is 2.29. The number of methoxy groups -OCH3 is 2. The number of esters is 1. The van der Waals surface area contributed by atoms with Gasteiger partial charge >= 0.3 is 5.97 Å². The van der Waals surface area contributed by atoms with Gasteiger partial charge in [-0.2, -0.15) is 0 Å².